The molecular weight excluding hydrogens is 245 g/mol. The zero-order chi connectivity index (χ0) is 14.0. The van der Waals surface area contributed by atoms with Crippen molar-refractivity contribution in [2.75, 3.05) is 18.0 Å². The van der Waals surface area contributed by atoms with Crippen molar-refractivity contribution in [3.63, 3.8) is 0 Å². The molecule has 0 bridgehead atoms. The number of nitrogens with two attached hydrogens (primary N) is 1. The largest absolute Gasteiger partial charge is 0.354 e. The number of nitrogens with zero attached hydrogens (tertiary/aromatic N) is 1. The normalized spacial score (nSPS) is 22.8. The fraction of sp³-hybridized carbons (Fsp3) is 0.500. The molecule has 5 heteroatoms. The first-order valence-corrected chi connectivity index (χ1v) is 6.48. The Bertz CT molecular complexity index is 458. The van der Waals surface area contributed by atoms with Gasteiger partial charge in [0, 0.05) is 24.3 Å². The van der Waals surface area contributed by atoms with E-state index in [9.17, 15) is 9.18 Å². The van der Waals surface area contributed by atoms with E-state index < -0.39 is 6.04 Å². The summed E-state index contributed by atoms with van der Waals surface area (Å²) in [5.41, 5.74) is 6.36. The van der Waals surface area contributed by atoms with Gasteiger partial charge < -0.3 is 16.0 Å². The lowest BCUT2D eigenvalue weighted by Gasteiger charge is -2.42. The Balaban J connectivity index is 2.45. The molecule has 4 nitrogen and oxygen atoms in total. The van der Waals surface area contributed by atoms with Crippen LogP contribution in [-0.2, 0) is 4.79 Å². The lowest BCUT2D eigenvalue weighted by Crippen LogP contribution is -2.56. The highest BCUT2D eigenvalue weighted by atomic mass is 19.1. The Hall–Kier alpha value is -1.62. The predicted octanol–water partition coefficient (Wildman–Crippen LogP) is 1.26. The van der Waals surface area contributed by atoms with Crippen LogP contribution >= 0.6 is 0 Å². The number of rotatable bonds is 2. The minimum absolute atomic E-state index is 0.0719. The lowest BCUT2D eigenvalue weighted by molar-refractivity contribution is -0.121. The van der Waals surface area contributed by atoms with Gasteiger partial charge in [-0.05, 0) is 44.5 Å². The Labute approximate surface area is 112 Å². The van der Waals surface area contributed by atoms with Crippen molar-refractivity contribution in [1.29, 1.82) is 0 Å². The molecule has 1 aliphatic heterocycles. The molecule has 1 fully saturated rings. The van der Waals surface area contributed by atoms with Crippen LogP contribution < -0.4 is 16.0 Å². The van der Waals surface area contributed by atoms with E-state index in [2.05, 4.69) is 19.2 Å². The number of anilines is 1. The van der Waals surface area contributed by atoms with E-state index in [0.717, 1.165) is 12.1 Å². The summed E-state index contributed by atoms with van der Waals surface area (Å²) < 4.78 is 13.1. The highest BCUT2D eigenvalue weighted by Crippen LogP contribution is 2.30. The van der Waals surface area contributed by atoms with E-state index in [4.69, 9.17) is 5.73 Å². The molecule has 2 rings (SSSR count). The zero-order valence-electron chi connectivity index (χ0n) is 11.3. The third-order valence-electron chi connectivity index (χ3n) is 3.63. The molecule has 104 valence electrons. The molecule has 0 radical (unpaired) electrons. The second-order valence-corrected chi connectivity index (χ2v) is 5.45. The summed E-state index contributed by atoms with van der Waals surface area (Å²) >= 11 is 0. The molecule has 1 aliphatic rings. The van der Waals surface area contributed by atoms with Crippen LogP contribution in [0.15, 0.2) is 24.3 Å². The summed E-state index contributed by atoms with van der Waals surface area (Å²) in [7, 11) is 0. The molecule has 0 spiro atoms. The monoisotopic (exact) mass is 265 g/mol. The van der Waals surface area contributed by atoms with Crippen molar-refractivity contribution < 1.29 is 9.18 Å². The highest BCUT2D eigenvalue weighted by Gasteiger charge is 2.38. The molecule has 1 atom stereocenters. The minimum Gasteiger partial charge on any atom is -0.354 e. The number of benzene rings is 1. The maximum atomic E-state index is 13.1. The SMILES string of the molecule is CC1(C)CCNC(=O)C(CN)N1c1ccc(F)cc1. The Morgan fingerprint density at radius 2 is 2.05 bits per heavy atom. The molecule has 1 aromatic carbocycles. The van der Waals surface area contributed by atoms with E-state index in [-0.39, 0.29) is 23.8 Å². The van der Waals surface area contributed by atoms with Gasteiger partial charge in [0.1, 0.15) is 11.9 Å². The molecule has 1 unspecified atom stereocenters. The number of amides is 1. The molecule has 3 N–H and O–H groups in total. The maximum Gasteiger partial charge on any atom is 0.244 e. The number of hydrogen-bond donors (Lipinski definition) is 2. The van der Waals surface area contributed by atoms with E-state index in [0.29, 0.717) is 6.54 Å². The summed E-state index contributed by atoms with van der Waals surface area (Å²) in [4.78, 5) is 14.1. The fourth-order valence-electron chi connectivity index (χ4n) is 2.61. The third-order valence-corrected chi connectivity index (χ3v) is 3.63. The second-order valence-electron chi connectivity index (χ2n) is 5.45. The van der Waals surface area contributed by atoms with Crippen LogP contribution in [0.1, 0.15) is 20.3 Å². The van der Waals surface area contributed by atoms with Crippen molar-refractivity contribution in [3.05, 3.63) is 30.1 Å². The van der Waals surface area contributed by atoms with Gasteiger partial charge >= 0.3 is 0 Å². The van der Waals surface area contributed by atoms with E-state index in [1.54, 1.807) is 12.1 Å². The number of carbonyl (C=O) groups excluding carboxylic acids is 1. The van der Waals surface area contributed by atoms with Crippen molar-refractivity contribution in [2.45, 2.75) is 31.8 Å². The van der Waals surface area contributed by atoms with E-state index in [1.807, 2.05) is 4.90 Å². The van der Waals surface area contributed by atoms with Crippen LogP contribution in [-0.4, -0.2) is 30.6 Å². The molecule has 0 aliphatic carbocycles. The smallest absolute Gasteiger partial charge is 0.244 e. The van der Waals surface area contributed by atoms with Gasteiger partial charge in [0.25, 0.3) is 0 Å². The van der Waals surface area contributed by atoms with Crippen LogP contribution in [0.5, 0.6) is 0 Å². The average molecular weight is 265 g/mol. The van der Waals surface area contributed by atoms with Gasteiger partial charge in [-0.2, -0.15) is 0 Å². The highest BCUT2D eigenvalue weighted by molar-refractivity contribution is 5.86. The number of nitrogens with one attached hydrogen (secondary N) is 1. The molecule has 1 aromatic rings. The average Bonchev–Trinajstić information content (AvgIpc) is 2.47. The standard InChI is InChI=1S/C14H20FN3O/c1-14(2)7-8-17-13(19)12(9-16)18(14)11-5-3-10(15)4-6-11/h3-6,12H,7-9,16H2,1-2H3,(H,17,19). The molecule has 1 amide bonds. The van der Waals surface area contributed by atoms with E-state index >= 15 is 0 Å². The number of halogens is 1. The van der Waals surface area contributed by atoms with Gasteiger partial charge in [0.15, 0.2) is 0 Å². The summed E-state index contributed by atoms with van der Waals surface area (Å²) in [6.45, 7) is 4.99. The topological polar surface area (TPSA) is 58.4 Å². The van der Waals surface area contributed by atoms with Crippen molar-refractivity contribution in [2.24, 2.45) is 5.73 Å². The van der Waals surface area contributed by atoms with Crippen molar-refractivity contribution in [3.8, 4) is 0 Å². The van der Waals surface area contributed by atoms with Crippen LogP contribution in [0.4, 0.5) is 10.1 Å². The molecule has 1 saturated heterocycles. The molecule has 1 heterocycles. The van der Waals surface area contributed by atoms with Gasteiger partial charge in [-0.25, -0.2) is 4.39 Å². The van der Waals surface area contributed by atoms with Gasteiger partial charge in [-0.1, -0.05) is 0 Å². The van der Waals surface area contributed by atoms with Crippen LogP contribution in [0.3, 0.4) is 0 Å². The first-order chi connectivity index (χ1) is 8.95. The predicted molar refractivity (Wildman–Crippen MR) is 73.4 cm³/mol. The zero-order valence-corrected chi connectivity index (χ0v) is 11.3. The molecular formula is C14H20FN3O. The van der Waals surface area contributed by atoms with Crippen LogP contribution in [0.2, 0.25) is 0 Å². The Kier molecular flexibility index (Phi) is 3.75. The van der Waals surface area contributed by atoms with Crippen molar-refractivity contribution >= 4 is 11.6 Å². The van der Waals surface area contributed by atoms with Gasteiger partial charge in [-0.15, -0.1) is 0 Å². The fourth-order valence-corrected chi connectivity index (χ4v) is 2.61. The molecule has 0 aromatic heterocycles. The summed E-state index contributed by atoms with van der Waals surface area (Å²) in [6.07, 6.45) is 0.812. The summed E-state index contributed by atoms with van der Waals surface area (Å²) in [5, 5.41) is 2.88. The minimum atomic E-state index is -0.428. The quantitative estimate of drug-likeness (QED) is 0.846. The Morgan fingerprint density at radius 1 is 1.42 bits per heavy atom. The van der Waals surface area contributed by atoms with Crippen LogP contribution in [0.25, 0.3) is 0 Å². The van der Waals surface area contributed by atoms with E-state index in [1.165, 1.54) is 12.1 Å². The first-order valence-electron chi connectivity index (χ1n) is 6.48. The number of hydrogen-bond acceptors (Lipinski definition) is 3. The summed E-state index contributed by atoms with van der Waals surface area (Å²) in [6, 6.07) is 5.77. The van der Waals surface area contributed by atoms with Crippen molar-refractivity contribution in [1.82, 2.24) is 5.32 Å². The number of carbonyl (C=O) groups is 1. The van der Waals surface area contributed by atoms with Gasteiger partial charge in [-0.3, -0.25) is 4.79 Å². The molecule has 0 saturated carbocycles. The third kappa shape index (κ3) is 2.71. The van der Waals surface area contributed by atoms with Gasteiger partial charge in [0.05, 0.1) is 0 Å². The molecule has 19 heavy (non-hydrogen) atoms. The van der Waals surface area contributed by atoms with Gasteiger partial charge in [0.2, 0.25) is 5.91 Å². The Morgan fingerprint density at radius 3 is 2.63 bits per heavy atom. The van der Waals surface area contributed by atoms with Crippen LogP contribution in [0, 0.1) is 5.82 Å². The lowest BCUT2D eigenvalue weighted by atomic mass is 9.95. The first kappa shape index (κ1) is 13.8. The second kappa shape index (κ2) is 5.17. The summed E-state index contributed by atoms with van der Waals surface area (Å²) in [5.74, 6) is -0.359. The maximum absolute atomic E-state index is 13.1.